The lowest BCUT2D eigenvalue weighted by Crippen LogP contribution is -2.40. The summed E-state index contributed by atoms with van der Waals surface area (Å²) in [6.45, 7) is 4.44. The number of rotatable bonds is 3. The summed E-state index contributed by atoms with van der Waals surface area (Å²) < 4.78 is 0. The van der Waals surface area contributed by atoms with Gasteiger partial charge in [0.1, 0.15) is 5.56 Å². The molecule has 1 aromatic heterocycles. The van der Waals surface area contributed by atoms with Crippen LogP contribution in [0.25, 0.3) is 0 Å². The highest BCUT2D eigenvalue weighted by molar-refractivity contribution is 5.94. The van der Waals surface area contributed by atoms with Crippen molar-refractivity contribution >= 4 is 5.91 Å². The maximum absolute atomic E-state index is 12.4. The Bertz CT molecular complexity index is 487. The molecule has 1 amide bonds. The predicted molar refractivity (Wildman–Crippen MR) is 70.8 cm³/mol. The van der Waals surface area contributed by atoms with E-state index in [0.29, 0.717) is 12.6 Å². The summed E-state index contributed by atoms with van der Waals surface area (Å²) in [5.74, 6) is -0.134. The number of nitrogens with zero attached hydrogens (tertiary/aromatic N) is 1. The molecule has 1 aromatic rings. The third-order valence-electron chi connectivity index (χ3n) is 3.65. The van der Waals surface area contributed by atoms with Crippen molar-refractivity contribution in [1.82, 2.24) is 9.88 Å². The lowest BCUT2D eigenvalue weighted by Gasteiger charge is -2.27. The number of amides is 1. The molecule has 1 aliphatic rings. The molecule has 0 bridgehead atoms. The van der Waals surface area contributed by atoms with Gasteiger partial charge in [-0.3, -0.25) is 9.59 Å². The molecule has 4 nitrogen and oxygen atoms in total. The predicted octanol–water partition coefficient (Wildman–Crippen LogP) is 2.09. The average molecular weight is 248 g/mol. The average Bonchev–Trinajstić information content (AvgIpc) is 2.83. The van der Waals surface area contributed by atoms with Gasteiger partial charge in [-0.25, -0.2) is 0 Å². The summed E-state index contributed by atoms with van der Waals surface area (Å²) in [6.07, 6.45) is 6.02. The molecule has 0 aromatic carbocycles. The molecule has 0 spiro atoms. The number of H-pyrrole nitrogens is 1. The molecule has 2 rings (SSSR count). The highest BCUT2D eigenvalue weighted by Crippen LogP contribution is 2.24. The number of carbonyl (C=O) groups excluding carboxylic acids is 1. The van der Waals surface area contributed by atoms with E-state index in [1.807, 2.05) is 18.7 Å². The fraction of sp³-hybridized carbons (Fsp3) is 0.571. The molecular formula is C14H20N2O2. The Morgan fingerprint density at radius 3 is 2.67 bits per heavy atom. The van der Waals surface area contributed by atoms with Crippen molar-refractivity contribution in [3.63, 3.8) is 0 Å². The van der Waals surface area contributed by atoms with Crippen LogP contribution in [0.2, 0.25) is 0 Å². The van der Waals surface area contributed by atoms with Gasteiger partial charge in [-0.15, -0.1) is 0 Å². The first-order chi connectivity index (χ1) is 8.63. The van der Waals surface area contributed by atoms with E-state index in [1.165, 1.54) is 25.1 Å². The van der Waals surface area contributed by atoms with E-state index in [-0.39, 0.29) is 16.9 Å². The van der Waals surface area contributed by atoms with Crippen LogP contribution >= 0.6 is 0 Å². The Labute approximate surface area is 107 Å². The van der Waals surface area contributed by atoms with Gasteiger partial charge in [-0.2, -0.15) is 0 Å². The minimum absolute atomic E-state index is 0.134. The molecule has 0 atom stereocenters. The summed E-state index contributed by atoms with van der Waals surface area (Å²) in [4.78, 5) is 29.0. The molecule has 1 aliphatic carbocycles. The van der Waals surface area contributed by atoms with Crippen molar-refractivity contribution in [3.8, 4) is 0 Å². The molecule has 0 aliphatic heterocycles. The van der Waals surface area contributed by atoms with Crippen LogP contribution in [0.4, 0.5) is 0 Å². The molecule has 1 saturated carbocycles. The largest absolute Gasteiger partial charge is 0.364 e. The second-order valence-corrected chi connectivity index (χ2v) is 4.92. The first-order valence-corrected chi connectivity index (χ1v) is 6.63. The van der Waals surface area contributed by atoms with Gasteiger partial charge in [-0.05, 0) is 26.7 Å². The van der Waals surface area contributed by atoms with E-state index in [1.54, 1.807) is 0 Å². The van der Waals surface area contributed by atoms with E-state index < -0.39 is 0 Å². The van der Waals surface area contributed by atoms with Gasteiger partial charge in [0.15, 0.2) is 5.43 Å². The quantitative estimate of drug-likeness (QED) is 0.890. The normalized spacial score (nSPS) is 15.9. The van der Waals surface area contributed by atoms with Gasteiger partial charge in [-0.1, -0.05) is 12.8 Å². The Morgan fingerprint density at radius 2 is 2.11 bits per heavy atom. The number of aromatic amines is 1. The van der Waals surface area contributed by atoms with Crippen LogP contribution in [0, 0.1) is 6.92 Å². The highest BCUT2D eigenvalue weighted by Gasteiger charge is 2.27. The molecule has 1 N–H and O–H groups in total. The molecule has 1 fully saturated rings. The van der Waals surface area contributed by atoms with Crippen molar-refractivity contribution in [2.24, 2.45) is 0 Å². The van der Waals surface area contributed by atoms with Crippen LogP contribution < -0.4 is 5.43 Å². The first kappa shape index (κ1) is 12.9. The van der Waals surface area contributed by atoms with Crippen molar-refractivity contribution < 1.29 is 4.79 Å². The van der Waals surface area contributed by atoms with Crippen LogP contribution in [0.5, 0.6) is 0 Å². The molecule has 0 radical (unpaired) electrons. The maximum atomic E-state index is 12.4. The van der Waals surface area contributed by atoms with Crippen molar-refractivity contribution in [3.05, 3.63) is 33.7 Å². The van der Waals surface area contributed by atoms with Gasteiger partial charge in [0.25, 0.3) is 5.91 Å². The summed E-state index contributed by atoms with van der Waals surface area (Å²) in [5.41, 5.74) is 0.850. The number of hydrogen-bond acceptors (Lipinski definition) is 2. The van der Waals surface area contributed by atoms with Crippen LogP contribution in [-0.2, 0) is 0 Å². The molecule has 1 heterocycles. The van der Waals surface area contributed by atoms with Crippen LogP contribution in [0.3, 0.4) is 0 Å². The number of pyridine rings is 1. The van der Waals surface area contributed by atoms with E-state index >= 15 is 0 Å². The fourth-order valence-corrected chi connectivity index (χ4v) is 2.68. The molecule has 0 unspecified atom stereocenters. The van der Waals surface area contributed by atoms with E-state index in [4.69, 9.17) is 0 Å². The lowest BCUT2D eigenvalue weighted by molar-refractivity contribution is 0.0692. The monoisotopic (exact) mass is 248 g/mol. The zero-order valence-corrected chi connectivity index (χ0v) is 11.0. The van der Waals surface area contributed by atoms with Gasteiger partial charge in [0.05, 0.1) is 0 Å². The van der Waals surface area contributed by atoms with Crippen molar-refractivity contribution in [1.29, 1.82) is 0 Å². The molecule has 0 saturated heterocycles. The fourth-order valence-electron chi connectivity index (χ4n) is 2.68. The maximum Gasteiger partial charge on any atom is 0.259 e. The smallest absolute Gasteiger partial charge is 0.259 e. The van der Waals surface area contributed by atoms with Crippen molar-refractivity contribution in [2.75, 3.05) is 6.54 Å². The third kappa shape index (κ3) is 2.47. The van der Waals surface area contributed by atoms with Crippen molar-refractivity contribution in [2.45, 2.75) is 45.6 Å². The SMILES string of the molecule is CCN(C(=O)c1c[nH]c(C)cc1=O)C1CCCC1. The van der Waals surface area contributed by atoms with Crippen LogP contribution in [0.15, 0.2) is 17.1 Å². The summed E-state index contributed by atoms with van der Waals surface area (Å²) >= 11 is 0. The third-order valence-corrected chi connectivity index (χ3v) is 3.65. The summed E-state index contributed by atoms with van der Waals surface area (Å²) in [7, 11) is 0. The Kier molecular flexibility index (Phi) is 3.84. The number of aryl methyl sites for hydroxylation is 1. The van der Waals surface area contributed by atoms with Gasteiger partial charge >= 0.3 is 0 Å². The van der Waals surface area contributed by atoms with Gasteiger partial charge in [0.2, 0.25) is 0 Å². The standard InChI is InChI=1S/C14H20N2O2/c1-3-16(11-6-4-5-7-11)14(18)12-9-15-10(2)8-13(12)17/h8-9,11H,3-7H2,1-2H3,(H,15,17). The topological polar surface area (TPSA) is 53.2 Å². The minimum atomic E-state index is -0.187. The highest BCUT2D eigenvalue weighted by atomic mass is 16.2. The Hall–Kier alpha value is -1.58. The van der Waals surface area contributed by atoms with Gasteiger partial charge in [0, 0.05) is 30.5 Å². The molecule has 18 heavy (non-hydrogen) atoms. The minimum Gasteiger partial charge on any atom is -0.364 e. The summed E-state index contributed by atoms with van der Waals surface area (Å²) in [6, 6.07) is 1.79. The lowest BCUT2D eigenvalue weighted by atomic mass is 10.1. The zero-order chi connectivity index (χ0) is 13.1. The Morgan fingerprint density at radius 1 is 1.44 bits per heavy atom. The number of hydrogen-bond donors (Lipinski definition) is 1. The van der Waals surface area contributed by atoms with E-state index in [0.717, 1.165) is 18.5 Å². The van der Waals surface area contributed by atoms with E-state index in [2.05, 4.69) is 4.98 Å². The Balaban J connectivity index is 2.25. The number of nitrogens with one attached hydrogen (secondary N) is 1. The second kappa shape index (κ2) is 5.38. The molecule has 4 heteroatoms. The number of aromatic nitrogens is 1. The van der Waals surface area contributed by atoms with Gasteiger partial charge < -0.3 is 9.88 Å². The molecule has 98 valence electrons. The first-order valence-electron chi connectivity index (χ1n) is 6.63. The van der Waals surface area contributed by atoms with Crippen LogP contribution in [0.1, 0.15) is 48.7 Å². The second-order valence-electron chi connectivity index (χ2n) is 4.92. The number of carbonyl (C=O) groups is 1. The van der Waals surface area contributed by atoms with Crippen LogP contribution in [-0.4, -0.2) is 28.4 Å². The van der Waals surface area contributed by atoms with E-state index in [9.17, 15) is 9.59 Å². The summed E-state index contributed by atoms with van der Waals surface area (Å²) in [5, 5.41) is 0. The molecular weight excluding hydrogens is 228 g/mol. The zero-order valence-electron chi connectivity index (χ0n) is 11.0.